The normalized spacial score (nSPS) is 13.9. The van der Waals surface area contributed by atoms with Crippen LogP contribution in [0.15, 0.2) is 97.2 Å². The van der Waals surface area contributed by atoms with Gasteiger partial charge in [0.05, 0.1) is 27.7 Å². The van der Waals surface area contributed by atoms with E-state index in [2.05, 4.69) is 111 Å². The fourth-order valence-electron chi connectivity index (χ4n) is 8.69. The van der Waals surface area contributed by atoms with E-state index in [9.17, 15) is 19.0 Å². The lowest BCUT2D eigenvalue weighted by molar-refractivity contribution is -0.870. The largest absolute Gasteiger partial charge is 0.756 e. The molecule has 78 heavy (non-hydrogen) atoms. The molecule has 0 aliphatic carbocycles. The zero-order valence-corrected chi connectivity index (χ0v) is 52.0. The van der Waals surface area contributed by atoms with E-state index in [0.717, 1.165) is 96.3 Å². The van der Waals surface area contributed by atoms with Gasteiger partial charge in [0.25, 0.3) is 7.82 Å². The molecule has 0 spiro atoms. The molecule has 0 aromatic heterocycles. The predicted molar refractivity (Wildman–Crippen MR) is 332 cm³/mol. The number of quaternary nitrogens is 1. The number of allylic oxidation sites excluding steroid dienone is 16. The van der Waals surface area contributed by atoms with Gasteiger partial charge < -0.3 is 27.9 Å². The van der Waals surface area contributed by atoms with Gasteiger partial charge in [0.2, 0.25) is 0 Å². The molecule has 10 heteroatoms. The second kappa shape index (κ2) is 58.6. The molecule has 9 nitrogen and oxygen atoms in total. The Hall–Kier alpha value is -3.07. The molecule has 2 unspecified atom stereocenters. The van der Waals surface area contributed by atoms with Crippen LogP contribution in [0.25, 0.3) is 0 Å². The SMILES string of the molecule is CC/C=C\C/C=C\C/C=C\C/C=C\C/C=C\C/C=C\CCCCCCCCCCCCCCCCCCC(=O)OC(COC(=O)CCCCCCCCCCC/C=C\C/C=C\CCCCC)COP(=O)([O-])OCC[N+](C)(C)C. The number of rotatable bonds is 58. The topological polar surface area (TPSA) is 111 Å². The first-order valence-electron chi connectivity index (χ1n) is 31.9. The van der Waals surface area contributed by atoms with Crippen molar-refractivity contribution in [2.75, 3.05) is 47.5 Å². The molecule has 0 heterocycles. The minimum Gasteiger partial charge on any atom is -0.756 e. The molecule has 0 N–H and O–H groups in total. The maximum Gasteiger partial charge on any atom is 0.306 e. The van der Waals surface area contributed by atoms with Crippen LogP contribution in [-0.4, -0.2) is 70.0 Å². The monoisotopic (exact) mass is 1110 g/mol. The number of phosphoric ester groups is 1. The number of hydrogen-bond acceptors (Lipinski definition) is 8. The summed E-state index contributed by atoms with van der Waals surface area (Å²) >= 11 is 0. The van der Waals surface area contributed by atoms with Gasteiger partial charge in [-0.05, 0) is 96.3 Å². The van der Waals surface area contributed by atoms with Crippen molar-refractivity contribution in [2.24, 2.45) is 0 Å². The summed E-state index contributed by atoms with van der Waals surface area (Å²) in [5.74, 6) is -0.834. The first kappa shape index (κ1) is 74.9. The van der Waals surface area contributed by atoms with Crippen molar-refractivity contribution in [3.05, 3.63) is 97.2 Å². The molecule has 0 aromatic carbocycles. The number of esters is 2. The van der Waals surface area contributed by atoms with Gasteiger partial charge in [-0.25, -0.2) is 0 Å². The van der Waals surface area contributed by atoms with E-state index in [1.807, 2.05) is 21.1 Å². The molecule has 0 fully saturated rings. The molecule has 0 bridgehead atoms. The van der Waals surface area contributed by atoms with Crippen molar-refractivity contribution < 1.29 is 42.1 Å². The molecule has 0 aliphatic heterocycles. The van der Waals surface area contributed by atoms with Gasteiger partial charge in [-0.3, -0.25) is 14.2 Å². The summed E-state index contributed by atoms with van der Waals surface area (Å²) in [5.41, 5.74) is 0. The van der Waals surface area contributed by atoms with Crippen LogP contribution in [0, 0.1) is 0 Å². The Morgan fingerprint density at radius 1 is 0.410 bits per heavy atom. The third kappa shape index (κ3) is 62.1. The highest BCUT2D eigenvalue weighted by Gasteiger charge is 2.22. The van der Waals surface area contributed by atoms with E-state index in [1.54, 1.807) is 0 Å². The average Bonchev–Trinajstić information content (AvgIpc) is 3.41. The van der Waals surface area contributed by atoms with Crippen molar-refractivity contribution >= 4 is 19.8 Å². The molecule has 0 aromatic rings. The smallest absolute Gasteiger partial charge is 0.306 e. The van der Waals surface area contributed by atoms with Gasteiger partial charge in [-0.2, -0.15) is 0 Å². The number of nitrogens with zero attached hydrogens (tertiary/aromatic N) is 1. The van der Waals surface area contributed by atoms with Crippen molar-refractivity contribution in [2.45, 2.75) is 277 Å². The molecule has 0 saturated carbocycles. The molecular formula is C68H120NO8P. The minimum absolute atomic E-state index is 0.0340. The van der Waals surface area contributed by atoms with Crippen LogP contribution in [0.5, 0.6) is 0 Å². The summed E-state index contributed by atoms with van der Waals surface area (Å²) in [6, 6.07) is 0. The first-order valence-corrected chi connectivity index (χ1v) is 33.4. The zero-order chi connectivity index (χ0) is 57.0. The van der Waals surface area contributed by atoms with Gasteiger partial charge in [-0.1, -0.05) is 259 Å². The number of unbranched alkanes of at least 4 members (excludes halogenated alkanes) is 28. The lowest BCUT2D eigenvalue weighted by Crippen LogP contribution is -2.37. The van der Waals surface area contributed by atoms with Crippen molar-refractivity contribution in [1.29, 1.82) is 0 Å². The van der Waals surface area contributed by atoms with E-state index >= 15 is 0 Å². The number of carbonyl (C=O) groups is 2. The molecule has 0 rings (SSSR count). The van der Waals surface area contributed by atoms with Gasteiger partial charge in [-0.15, -0.1) is 0 Å². The third-order valence-corrected chi connectivity index (χ3v) is 14.6. The molecule has 0 radical (unpaired) electrons. The van der Waals surface area contributed by atoms with Crippen LogP contribution in [-0.2, 0) is 32.7 Å². The Labute approximate surface area is 481 Å². The number of hydrogen-bond donors (Lipinski definition) is 0. The van der Waals surface area contributed by atoms with Crippen molar-refractivity contribution in [3.63, 3.8) is 0 Å². The summed E-state index contributed by atoms with van der Waals surface area (Å²) in [5, 5.41) is 0. The van der Waals surface area contributed by atoms with E-state index in [1.165, 1.54) is 141 Å². The summed E-state index contributed by atoms with van der Waals surface area (Å²) < 4.78 is 34.2. The highest BCUT2D eigenvalue weighted by molar-refractivity contribution is 7.45. The summed E-state index contributed by atoms with van der Waals surface area (Å²) in [6.45, 7) is 4.11. The third-order valence-electron chi connectivity index (χ3n) is 13.6. The Bertz CT molecular complexity index is 1640. The molecule has 0 amide bonds. The number of phosphoric acid groups is 1. The molecule has 0 saturated heterocycles. The standard InChI is InChI=1S/C68H120NO8P/c1-6-8-10-12-14-16-18-20-22-24-26-27-28-29-30-31-32-33-34-35-36-37-38-39-40-41-43-45-47-49-51-53-55-57-59-61-68(71)77-66(65-76-78(72,73)75-63-62-69(3,4)5)64-74-67(70)60-58-56-54-52-50-48-46-44-42-25-23-21-19-17-15-13-11-9-7-2/h8,10,14-17,20-23,26-27,29-30,32-33,66H,6-7,9,11-13,18-19,24-25,28,31,34-65H2,1-5H3/b10-8-,16-14-,17-15-,22-20-,23-21-,27-26-,30-29-,33-32-. The maximum atomic E-state index is 12.8. The number of likely N-dealkylation sites (N-methyl/N-ethyl adjacent to an activating group) is 1. The Morgan fingerprint density at radius 3 is 1.09 bits per heavy atom. The highest BCUT2D eigenvalue weighted by Crippen LogP contribution is 2.38. The van der Waals surface area contributed by atoms with Crippen LogP contribution in [0.1, 0.15) is 271 Å². The van der Waals surface area contributed by atoms with Gasteiger partial charge in [0, 0.05) is 12.8 Å². The van der Waals surface area contributed by atoms with Gasteiger partial charge >= 0.3 is 11.9 Å². The van der Waals surface area contributed by atoms with E-state index < -0.39 is 26.5 Å². The fourth-order valence-corrected chi connectivity index (χ4v) is 9.42. The zero-order valence-electron chi connectivity index (χ0n) is 51.1. The second-order valence-corrected chi connectivity index (χ2v) is 23.8. The van der Waals surface area contributed by atoms with E-state index in [4.69, 9.17) is 18.5 Å². The number of ether oxygens (including phenoxy) is 2. The molecule has 0 aliphatic rings. The Morgan fingerprint density at radius 2 is 0.731 bits per heavy atom. The van der Waals surface area contributed by atoms with E-state index in [-0.39, 0.29) is 32.0 Å². The molecular weight excluding hydrogens is 990 g/mol. The summed E-state index contributed by atoms with van der Waals surface area (Å²) in [6.07, 6.45) is 80.4. The lowest BCUT2D eigenvalue weighted by Gasteiger charge is -2.28. The predicted octanol–water partition coefficient (Wildman–Crippen LogP) is 19.7. The van der Waals surface area contributed by atoms with E-state index in [0.29, 0.717) is 17.4 Å². The quantitative estimate of drug-likeness (QED) is 0.0195. The average molecular weight is 1110 g/mol. The van der Waals surface area contributed by atoms with Gasteiger partial charge in [0.15, 0.2) is 6.10 Å². The summed E-state index contributed by atoms with van der Waals surface area (Å²) in [7, 11) is 1.16. The molecule has 450 valence electrons. The molecule has 2 atom stereocenters. The Kier molecular flexibility index (Phi) is 56.3. The fraction of sp³-hybridized carbons (Fsp3) is 0.735. The second-order valence-electron chi connectivity index (χ2n) is 22.4. The van der Waals surface area contributed by atoms with Crippen molar-refractivity contribution in [3.8, 4) is 0 Å². The summed E-state index contributed by atoms with van der Waals surface area (Å²) in [4.78, 5) is 37.9. The van der Waals surface area contributed by atoms with Crippen LogP contribution in [0.4, 0.5) is 0 Å². The van der Waals surface area contributed by atoms with Crippen molar-refractivity contribution in [1.82, 2.24) is 0 Å². The van der Waals surface area contributed by atoms with Crippen LogP contribution < -0.4 is 4.89 Å². The Balaban J connectivity index is 4.06. The van der Waals surface area contributed by atoms with Crippen LogP contribution >= 0.6 is 7.82 Å². The van der Waals surface area contributed by atoms with Crippen LogP contribution in [0.2, 0.25) is 0 Å². The maximum absolute atomic E-state index is 12.8. The van der Waals surface area contributed by atoms with Crippen LogP contribution in [0.3, 0.4) is 0 Å². The lowest BCUT2D eigenvalue weighted by atomic mass is 10.0. The van der Waals surface area contributed by atoms with Gasteiger partial charge in [0.1, 0.15) is 19.8 Å². The number of carbonyl (C=O) groups excluding carboxylic acids is 2. The highest BCUT2D eigenvalue weighted by atomic mass is 31.2. The first-order chi connectivity index (χ1) is 38.0. The minimum atomic E-state index is -4.64.